The van der Waals surface area contributed by atoms with E-state index in [4.69, 9.17) is 9.84 Å². The fraction of sp³-hybridized carbons (Fsp3) is 0.130. The van der Waals surface area contributed by atoms with E-state index in [0.29, 0.717) is 5.56 Å². The van der Waals surface area contributed by atoms with Gasteiger partial charge in [0, 0.05) is 6.54 Å². The van der Waals surface area contributed by atoms with Gasteiger partial charge in [0.2, 0.25) is 10.0 Å². The van der Waals surface area contributed by atoms with Crippen molar-refractivity contribution in [3.63, 3.8) is 0 Å². The Morgan fingerprint density at radius 2 is 1.35 bits per heavy atom. The molecule has 0 spiro atoms. The molecule has 0 saturated carbocycles. The molecule has 0 unspecified atom stereocenters. The molecule has 0 bridgehead atoms. The molecule has 3 aromatic carbocycles. The Labute approximate surface area is 180 Å². The van der Waals surface area contributed by atoms with Crippen molar-refractivity contribution in [2.45, 2.75) is 18.0 Å². The van der Waals surface area contributed by atoms with Crippen molar-refractivity contribution in [2.24, 2.45) is 0 Å². The van der Waals surface area contributed by atoms with E-state index < -0.39 is 28.5 Å². The number of carboxylic acid groups (broad SMARTS) is 1. The van der Waals surface area contributed by atoms with Crippen molar-refractivity contribution in [3.05, 3.63) is 102 Å². The Kier molecular flexibility index (Phi) is 7.17. The topological polar surface area (TPSA) is 101 Å². The molecule has 31 heavy (non-hydrogen) atoms. The molecular formula is C23H21NO6S. The van der Waals surface area contributed by atoms with Crippen LogP contribution in [0.15, 0.2) is 89.8 Å². The number of ether oxygens (including phenoxy) is 1. The average Bonchev–Trinajstić information content (AvgIpc) is 2.78. The zero-order valence-electron chi connectivity index (χ0n) is 16.5. The first-order chi connectivity index (χ1) is 14.9. The fourth-order valence-electron chi connectivity index (χ4n) is 2.86. The van der Waals surface area contributed by atoms with Gasteiger partial charge < -0.3 is 9.84 Å². The third kappa shape index (κ3) is 6.00. The summed E-state index contributed by atoms with van der Waals surface area (Å²) < 4.78 is 32.7. The first-order valence-electron chi connectivity index (χ1n) is 9.43. The van der Waals surface area contributed by atoms with E-state index in [2.05, 4.69) is 0 Å². The third-order valence-corrected chi connectivity index (χ3v) is 6.29. The summed E-state index contributed by atoms with van der Waals surface area (Å²) in [6.07, 6.45) is 0. The highest BCUT2D eigenvalue weighted by molar-refractivity contribution is 7.89. The molecule has 0 heterocycles. The minimum atomic E-state index is -4.08. The van der Waals surface area contributed by atoms with E-state index in [0.717, 1.165) is 9.87 Å². The highest BCUT2D eigenvalue weighted by Gasteiger charge is 2.27. The summed E-state index contributed by atoms with van der Waals surface area (Å²) in [7, 11) is -4.08. The zero-order chi connectivity index (χ0) is 22.3. The maximum atomic E-state index is 13.2. The van der Waals surface area contributed by atoms with Gasteiger partial charge in [0.25, 0.3) is 0 Å². The smallest absolute Gasteiger partial charge is 0.335 e. The van der Waals surface area contributed by atoms with Crippen LogP contribution in [0, 0.1) is 0 Å². The molecule has 3 rings (SSSR count). The molecule has 7 nitrogen and oxygen atoms in total. The number of hydrogen-bond donors (Lipinski definition) is 1. The summed E-state index contributed by atoms with van der Waals surface area (Å²) >= 11 is 0. The van der Waals surface area contributed by atoms with E-state index in [9.17, 15) is 18.0 Å². The van der Waals surface area contributed by atoms with Crippen LogP contribution < -0.4 is 0 Å². The van der Waals surface area contributed by atoms with Gasteiger partial charge in [-0.1, -0.05) is 60.7 Å². The van der Waals surface area contributed by atoms with Crippen molar-refractivity contribution >= 4 is 22.0 Å². The number of nitrogens with zero attached hydrogens (tertiary/aromatic N) is 1. The largest absolute Gasteiger partial charge is 0.478 e. The molecule has 160 valence electrons. The summed E-state index contributed by atoms with van der Waals surface area (Å²) in [6, 6.07) is 22.8. The summed E-state index contributed by atoms with van der Waals surface area (Å²) in [5, 5.41) is 9.03. The maximum Gasteiger partial charge on any atom is 0.335 e. The second-order valence-electron chi connectivity index (χ2n) is 6.73. The van der Waals surface area contributed by atoms with Crippen molar-refractivity contribution in [1.29, 1.82) is 0 Å². The quantitative estimate of drug-likeness (QED) is 0.514. The van der Waals surface area contributed by atoms with Gasteiger partial charge in [-0.25, -0.2) is 13.2 Å². The number of sulfonamides is 1. The minimum absolute atomic E-state index is 0.0316. The number of carbonyl (C=O) groups excluding carboxylic acids is 1. The number of carbonyl (C=O) groups is 2. The monoisotopic (exact) mass is 439 g/mol. The maximum absolute atomic E-state index is 13.2. The average molecular weight is 439 g/mol. The Balaban J connectivity index is 1.81. The summed E-state index contributed by atoms with van der Waals surface area (Å²) in [5.41, 5.74) is 1.46. The van der Waals surface area contributed by atoms with Gasteiger partial charge in [-0.3, -0.25) is 4.79 Å². The normalized spacial score (nSPS) is 11.3. The minimum Gasteiger partial charge on any atom is -0.478 e. The Hall–Kier alpha value is -3.49. The van der Waals surface area contributed by atoms with E-state index in [-0.39, 0.29) is 23.6 Å². The number of benzene rings is 3. The van der Waals surface area contributed by atoms with Crippen LogP contribution in [0.25, 0.3) is 0 Å². The standard InChI is InChI=1S/C23H21NO6S/c25-22(30-17-19-9-5-2-6-10-19)16-24(15-18-7-3-1-4-8-18)31(28,29)21-13-11-20(12-14-21)23(26)27/h1-14H,15-17H2,(H,26,27). The molecule has 1 N–H and O–H groups in total. The van der Waals surface area contributed by atoms with E-state index in [1.165, 1.54) is 24.3 Å². The van der Waals surface area contributed by atoms with Crippen LogP contribution >= 0.6 is 0 Å². The van der Waals surface area contributed by atoms with Crippen LogP contribution in [0.3, 0.4) is 0 Å². The van der Waals surface area contributed by atoms with Crippen molar-refractivity contribution < 1.29 is 27.9 Å². The third-order valence-electron chi connectivity index (χ3n) is 4.49. The number of hydrogen-bond acceptors (Lipinski definition) is 5. The van der Waals surface area contributed by atoms with Crippen molar-refractivity contribution in [3.8, 4) is 0 Å². The van der Waals surface area contributed by atoms with Gasteiger partial charge >= 0.3 is 11.9 Å². The molecule has 0 aliphatic carbocycles. The van der Waals surface area contributed by atoms with Gasteiger partial charge in [0.05, 0.1) is 10.5 Å². The van der Waals surface area contributed by atoms with Crippen LogP contribution in [0.5, 0.6) is 0 Å². The van der Waals surface area contributed by atoms with Crippen LogP contribution in [-0.4, -0.2) is 36.3 Å². The number of aromatic carboxylic acids is 1. The Bertz CT molecular complexity index is 1130. The zero-order valence-corrected chi connectivity index (χ0v) is 17.4. The molecule has 0 radical (unpaired) electrons. The number of rotatable bonds is 9. The second kappa shape index (κ2) is 10.0. The highest BCUT2D eigenvalue weighted by Crippen LogP contribution is 2.19. The molecule has 8 heteroatoms. The summed E-state index contributed by atoms with van der Waals surface area (Å²) in [6.45, 7) is -0.485. The fourth-order valence-corrected chi connectivity index (χ4v) is 4.23. The Morgan fingerprint density at radius 3 is 1.90 bits per heavy atom. The van der Waals surface area contributed by atoms with E-state index >= 15 is 0 Å². The lowest BCUT2D eigenvalue weighted by atomic mass is 10.2. The summed E-state index contributed by atoms with van der Waals surface area (Å²) in [5.74, 6) is -1.85. The van der Waals surface area contributed by atoms with Gasteiger partial charge in [0.1, 0.15) is 13.2 Å². The van der Waals surface area contributed by atoms with Crippen molar-refractivity contribution in [2.75, 3.05) is 6.54 Å². The lowest BCUT2D eigenvalue weighted by molar-refractivity contribution is -0.145. The van der Waals surface area contributed by atoms with Crippen LogP contribution in [0.2, 0.25) is 0 Å². The van der Waals surface area contributed by atoms with E-state index in [1.54, 1.807) is 42.5 Å². The van der Waals surface area contributed by atoms with Crippen LogP contribution in [0.4, 0.5) is 0 Å². The second-order valence-corrected chi connectivity index (χ2v) is 8.67. The first-order valence-corrected chi connectivity index (χ1v) is 10.9. The molecule has 0 aliphatic rings. The highest BCUT2D eigenvalue weighted by atomic mass is 32.2. The molecular weight excluding hydrogens is 418 g/mol. The first kappa shape index (κ1) is 22.2. The van der Waals surface area contributed by atoms with Crippen LogP contribution in [0.1, 0.15) is 21.5 Å². The van der Waals surface area contributed by atoms with Gasteiger partial charge in [-0.15, -0.1) is 0 Å². The van der Waals surface area contributed by atoms with Crippen LogP contribution in [-0.2, 0) is 32.7 Å². The lowest BCUT2D eigenvalue weighted by Crippen LogP contribution is -2.36. The molecule has 0 atom stereocenters. The van der Waals surface area contributed by atoms with Gasteiger partial charge in [0.15, 0.2) is 0 Å². The van der Waals surface area contributed by atoms with Gasteiger partial charge in [-0.2, -0.15) is 4.31 Å². The predicted octanol–water partition coefficient (Wildman–Crippen LogP) is 3.32. The number of carboxylic acids is 1. The molecule has 3 aromatic rings. The number of esters is 1. The molecule has 0 saturated heterocycles. The lowest BCUT2D eigenvalue weighted by Gasteiger charge is -2.21. The molecule has 0 fully saturated rings. The summed E-state index contributed by atoms with van der Waals surface area (Å²) in [4.78, 5) is 23.4. The molecule has 0 aromatic heterocycles. The predicted molar refractivity (Wildman–Crippen MR) is 114 cm³/mol. The van der Waals surface area contributed by atoms with Gasteiger partial charge in [-0.05, 0) is 35.4 Å². The molecule has 0 amide bonds. The van der Waals surface area contributed by atoms with E-state index in [1.807, 2.05) is 18.2 Å². The SMILES string of the molecule is O=C(CN(Cc1ccccc1)S(=O)(=O)c1ccc(C(=O)O)cc1)OCc1ccccc1. The molecule has 0 aliphatic heterocycles. The van der Waals surface area contributed by atoms with Crippen molar-refractivity contribution in [1.82, 2.24) is 4.31 Å². The Morgan fingerprint density at radius 1 is 0.806 bits per heavy atom.